The highest BCUT2D eigenvalue weighted by molar-refractivity contribution is 5.73. The zero-order valence-corrected chi connectivity index (χ0v) is 18.8. The Bertz CT molecular complexity index is 731. The highest BCUT2D eigenvalue weighted by atomic mass is 19.4. The van der Waals surface area contributed by atoms with Crippen molar-refractivity contribution in [1.29, 1.82) is 0 Å². The van der Waals surface area contributed by atoms with Crippen LogP contribution in [0.25, 0.3) is 0 Å². The largest absolute Gasteiger partial charge is 0.490 e. The molecule has 0 aromatic carbocycles. The van der Waals surface area contributed by atoms with Gasteiger partial charge >= 0.3 is 24.3 Å². The van der Waals surface area contributed by atoms with E-state index in [9.17, 15) is 26.3 Å². The van der Waals surface area contributed by atoms with Crippen LogP contribution in [0.4, 0.5) is 26.3 Å². The van der Waals surface area contributed by atoms with Gasteiger partial charge in [-0.3, -0.25) is 4.90 Å². The Morgan fingerprint density at radius 1 is 0.941 bits per heavy atom. The first-order chi connectivity index (χ1) is 15.7. The van der Waals surface area contributed by atoms with Gasteiger partial charge in [-0.1, -0.05) is 12.8 Å². The number of aliphatic carboxylic acids is 2. The van der Waals surface area contributed by atoms with Crippen molar-refractivity contribution in [3.05, 3.63) is 18.2 Å². The average molecular weight is 504 g/mol. The number of carboxylic acid groups (broad SMARTS) is 2. The summed E-state index contributed by atoms with van der Waals surface area (Å²) in [6.07, 6.45) is 0.855. The summed E-state index contributed by atoms with van der Waals surface area (Å²) in [6, 6.07) is 0.908. The van der Waals surface area contributed by atoms with Gasteiger partial charge in [0.1, 0.15) is 5.82 Å². The maximum Gasteiger partial charge on any atom is 0.490 e. The Morgan fingerprint density at radius 2 is 1.41 bits per heavy atom. The molecule has 0 amide bonds. The number of hydrogen-bond acceptors (Lipinski definition) is 5. The van der Waals surface area contributed by atoms with Gasteiger partial charge in [-0.15, -0.1) is 0 Å². The first-order valence-corrected chi connectivity index (χ1v) is 10.8. The molecule has 2 N–H and O–H groups in total. The molecule has 0 radical (unpaired) electrons. The molecule has 2 heterocycles. The maximum absolute atomic E-state index is 10.6. The van der Waals surface area contributed by atoms with E-state index >= 15 is 0 Å². The van der Waals surface area contributed by atoms with Gasteiger partial charge in [0, 0.05) is 51.2 Å². The molecule has 0 bridgehead atoms. The number of aromatic nitrogens is 2. The predicted molar refractivity (Wildman–Crippen MR) is 109 cm³/mol. The maximum atomic E-state index is 10.6. The monoisotopic (exact) mass is 504 g/mol. The van der Waals surface area contributed by atoms with E-state index in [1.807, 2.05) is 6.20 Å². The number of carboxylic acids is 2. The van der Waals surface area contributed by atoms with E-state index in [4.69, 9.17) is 19.8 Å². The molecule has 1 saturated heterocycles. The van der Waals surface area contributed by atoms with Crippen LogP contribution in [0.5, 0.6) is 0 Å². The Kier molecular flexibility index (Phi) is 11.8. The van der Waals surface area contributed by atoms with Crippen LogP contribution in [0.15, 0.2) is 12.4 Å². The molecule has 8 nitrogen and oxygen atoms in total. The zero-order valence-electron chi connectivity index (χ0n) is 18.8. The van der Waals surface area contributed by atoms with E-state index in [1.54, 1.807) is 0 Å². The van der Waals surface area contributed by atoms with Crippen molar-refractivity contribution in [2.75, 3.05) is 32.7 Å². The third kappa shape index (κ3) is 11.2. The molecule has 2 aliphatic rings. The van der Waals surface area contributed by atoms with Crippen molar-refractivity contribution in [1.82, 2.24) is 19.4 Å². The quantitative estimate of drug-likeness (QED) is 0.593. The molecule has 1 saturated carbocycles. The standard InChI is InChI=1S/C16H28N4.2C2HF3O2/c1-15-17-7-10-19(15)9-4-8-18-11-13-20(14-12-18)16-5-2-3-6-16;2*3-2(4,5)1(6)7/h7,10,16H,2-6,8-9,11-14H2,1H3;2*(H,6,7). The number of rotatable bonds is 5. The smallest absolute Gasteiger partial charge is 0.475 e. The van der Waals surface area contributed by atoms with E-state index in [0.29, 0.717) is 0 Å². The van der Waals surface area contributed by atoms with Crippen molar-refractivity contribution in [2.24, 2.45) is 0 Å². The van der Waals surface area contributed by atoms with Crippen molar-refractivity contribution in [3.8, 4) is 0 Å². The van der Waals surface area contributed by atoms with Crippen LogP contribution >= 0.6 is 0 Å². The topological polar surface area (TPSA) is 98.9 Å². The first kappa shape index (κ1) is 29.7. The van der Waals surface area contributed by atoms with Crippen LogP contribution in [0, 0.1) is 6.92 Å². The van der Waals surface area contributed by atoms with Gasteiger partial charge in [0.05, 0.1) is 0 Å². The molecule has 1 aromatic heterocycles. The Balaban J connectivity index is 0.000000343. The van der Waals surface area contributed by atoms with Crippen LogP contribution in [-0.4, -0.2) is 92.6 Å². The summed E-state index contributed by atoms with van der Waals surface area (Å²) in [7, 11) is 0. The van der Waals surface area contributed by atoms with Crippen molar-refractivity contribution >= 4 is 11.9 Å². The van der Waals surface area contributed by atoms with Crippen LogP contribution < -0.4 is 0 Å². The number of piperazine rings is 1. The minimum Gasteiger partial charge on any atom is -0.475 e. The molecule has 196 valence electrons. The number of carbonyl (C=O) groups is 2. The summed E-state index contributed by atoms with van der Waals surface area (Å²) in [5, 5.41) is 14.2. The molecule has 34 heavy (non-hydrogen) atoms. The molecular weight excluding hydrogens is 474 g/mol. The van der Waals surface area contributed by atoms with E-state index in [0.717, 1.165) is 18.4 Å². The third-order valence-electron chi connectivity index (χ3n) is 5.53. The average Bonchev–Trinajstić information content (AvgIpc) is 3.40. The van der Waals surface area contributed by atoms with Gasteiger partial charge in [0.25, 0.3) is 0 Å². The van der Waals surface area contributed by atoms with E-state index in [1.165, 1.54) is 64.8 Å². The molecule has 1 aliphatic heterocycles. The van der Waals surface area contributed by atoms with Gasteiger partial charge in [0.15, 0.2) is 0 Å². The molecule has 3 rings (SSSR count). The molecule has 2 fully saturated rings. The minimum atomic E-state index is -5.08. The molecule has 0 atom stereocenters. The lowest BCUT2D eigenvalue weighted by molar-refractivity contribution is -0.193. The van der Waals surface area contributed by atoms with E-state index < -0.39 is 24.3 Å². The number of halogens is 6. The number of aryl methyl sites for hydroxylation is 2. The number of imidazole rings is 1. The van der Waals surface area contributed by atoms with E-state index in [-0.39, 0.29) is 0 Å². The number of hydrogen-bond donors (Lipinski definition) is 2. The van der Waals surface area contributed by atoms with Gasteiger partial charge in [0.2, 0.25) is 0 Å². The first-order valence-electron chi connectivity index (χ1n) is 10.8. The second kappa shape index (κ2) is 13.5. The summed E-state index contributed by atoms with van der Waals surface area (Å²) in [6.45, 7) is 9.52. The molecular formula is C20H30F6N4O4. The second-order valence-electron chi connectivity index (χ2n) is 7.94. The normalized spacial score (nSPS) is 18.0. The second-order valence-corrected chi connectivity index (χ2v) is 7.94. The van der Waals surface area contributed by atoms with Crippen LogP contribution in [-0.2, 0) is 16.1 Å². The Morgan fingerprint density at radius 3 is 1.79 bits per heavy atom. The summed E-state index contributed by atoms with van der Waals surface area (Å²) in [5.41, 5.74) is 0. The summed E-state index contributed by atoms with van der Waals surface area (Å²) < 4.78 is 65.7. The summed E-state index contributed by atoms with van der Waals surface area (Å²) in [5.74, 6) is -4.38. The zero-order chi connectivity index (χ0) is 25.9. The van der Waals surface area contributed by atoms with E-state index in [2.05, 4.69) is 32.5 Å². The fraction of sp³-hybridized carbons (Fsp3) is 0.750. The SMILES string of the molecule is Cc1nccn1CCCN1CCN(C2CCCC2)CC1.O=C(O)C(F)(F)F.O=C(O)C(F)(F)F. The molecule has 0 spiro atoms. The van der Waals surface area contributed by atoms with Crippen molar-refractivity contribution in [3.63, 3.8) is 0 Å². The van der Waals surface area contributed by atoms with Gasteiger partial charge in [-0.2, -0.15) is 26.3 Å². The molecule has 0 unspecified atom stereocenters. The number of alkyl halides is 6. The Hall–Kier alpha value is -2.35. The lowest BCUT2D eigenvalue weighted by Crippen LogP contribution is -2.49. The minimum absolute atomic E-state index is 0.908. The Labute approximate surface area is 193 Å². The lowest BCUT2D eigenvalue weighted by atomic mass is 10.2. The molecule has 14 heteroatoms. The molecule has 1 aromatic rings. The van der Waals surface area contributed by atoms with Crippen LogP contribution in [0.2, 0.25) is 0 Å². The van der Waals surface area contributed by atoms with Gasteiger partial charge < -0.3 is 19.7 Å². The predicted octanol–water partition coefficient (Wildman–Crippen LogP) is 3.41. The van der Waals surface area contributed by atoms with Gasteiger partial charge in [-0.05, 0) is 32.7 Å². The lowest BCUT2D eigenvalue weighted by Gasteiger charge is -2.38. The number of nitrogens with zero attached hydrogens (tertiary/aromatic N) is 4. The van der Waals surface area contributed by atoms with Gasteiger partial charge in [-0.25, -0.2) is 14.6 Å². The van der Waals surface area contributed by atoms with Crippen LogP contribution in [0.1, 0.15) is 37.9 Å². The summed E-state index contributed by atoms with van der Waals surface area (Å²) in [4.78, 5) is 27.4. The summed E-state index contributed by atoms with van der Waals surface area (Å²) >= 11 is 0. The van der Waals surface area contributed by atoms with Crippen molar-refractivity contribution < 1.29 is 46.1 Å². The fourth-order valence-electron chi connectivity index (χ4n) is 3.73. The van der Waals surface area contributed by atoms with Crippen molar-refractivity contribution in [2.45, 2.75) is 64.0 Å². The highest BCUT2D eigenvalue weighted by Gasteiger charge is 2.38. The van der Waals surface area contributed by atoms with Crippen LogP contribution in [0.3, 0.4) is 0 Å². The molecule has 1 aliphatic carbocycles. The highest BCUT2D eigenvalue weighted by Crippen LogP contribution is 2.24. The third-order valence-corrected chi connectivity index (χ3v) is 5.53. The fourth-order valence-corrected chi connectivity index (χ4v) is 3.73.